The smallest absolute Gasteiger partial charge is 0.300 e. The summed E-state index contributed by atoms with van der Waals surface area (Å²) in [6, 6.07) is 17.8. The van der Waals surface area contributed by atoms with Crippen molar-refractivity contribution in [1.29, 1.82) is 0 Å². The maximum absolute atomic E-state index is 12.0. The highest BCUT2D eigenvalue weighted by molar-refractivity contribution is 6.05. The molecule has 1 amide bonds. The number of nitrogens with zero attached hydrogens (tertiary/aromatic N) is 4. The molecule has 0 fully saturated rings. The molecular formula is C27H22N6O2. The Morgan fingerprint density at radius 2 is 1.80 bits per heavy atom. The van der Waals surface area contributed by atoms with E-state index in [-0.39, 0.29) is 13.0 Å². The molecule has 5 rings (SSSR count). The van der Waals surface area contributed by atoms with Gasteiger partial charge in [-0.3, -0.25) is 4.79 Å². The van der Waals surface area contributed by atoms with Crippen molar-refractivity contribution < 1.29 is 9.90 Å². The summed E-state index contributed by atoms with van der Waals surface area (Å²) in [5.41, 5.74) is 5.54. The highest BCUT2D eigenvalue weighted by atomic mass is 16.2. The number of hydrogen-bond donors (Lipinski definition) is 3. The molecule has 3 heterocycles. The van der Waals surface area contributed by atoms with Gasteiger partial charge < -0.3 is 20.1 Å². The van der Waals surface area contributed by atoms with Crippen molar-refractivity contribution in [2.75, 3.05) is 17.2 Å². The van der Waals surface area contributed by atoms with Crippen LogP contribution >= 0.6 is 0 Å². The molecule has 172 valence electrons. The number of aliphatic hydroxyl groups excluding tert-OH is 1. The molecule has 0 bridgehead atoms. The molecular weight excluding hydrogens is 440 g/mol. The summed E-state index contributed by atoms with van der Waals surface area (Å²) < 4.78 is 1.99. The zero-order valence-corrected chi connectivity index (χ0v) is 18.8. The molecule has 0 aliphatic carbocycles. The number of carbonyl (C=O) groups excluding carboxylic acids is 1. The molecule has 3 aromatic heterocycles. The summed E-state index contributed by atoms with van der Waals surface area (Å²) in [5, 5.41) is 15.6. The second kappa shape index (κ2) is 10.0. The lowest BCUT2D eigenvalue weighted by molar-refractivity contribution is -0.111. The number of nitrogens with one attached hydrogen (secondary N) is 2. The third-order valence-corrected chi connectivity index (χ3v) is 5.42. The second-order valence-corrected chi connectivity index (χ2v) is 7.91. The predicted molar refractivity (Wildman–Crippen MR) is 135 cm³/mol. The molecule has 0 saturated heterocycles. The van der Waals surface area contributed by atoms with E-state index in [1.807, 2.05) is 41.1 Å². The molecule has 5 aromatic rings. The fourth-order valence-corrected chi connectivity index (χ4v) is 3.74. The highest BCUT2D eigenvalue weighted by Crippen LogP contribution is 2.26. The van der Waals surface area contributed by atoms with Crippen LogP contribution in [-0.4, -0.2) is 37.0 Å². The van der Waals surface area contributed by atoms with E-state index in [0.717, 1.165) is 28.7 Å². The molecule has 0 spiro atoms. The van der Waals surface area contributed by atoms with Crippen molar-refractivity contribution in [3.05, 3.63) is 90.6 Å². The van der Waals surface area contributed by atoms with Gasteiger partial charge in [0.1, 0.15) is 17.8 Å². The maximum Gasteiger partial charge on any atom is 0.300 e. The fraction of sp³-hybridized carbons (Fsp3) is 0.111. The first-order chi connectivity index (χ1) is 17.2. The summed E-state index contributed by atoms with van der Waals surface area (Å²) in [5.74, 6) is 5.26. The molecule has 0 radical (unpaired) electrons. The number of carbonyl (C=O) groups is 1. The molecule has 0 aliphatic rings. The Balaban J connectivity index is 1.32. The van der Waals surface area contributed by atoms with Crippen LogP contribution in [0.3, 0.4) is 0 Å². The first-order valence-corrected chi connectivity index (χ1v) is 11.1. The van der Waals surface area contributed by atoms with Gasteiger partial charge >= 0.3 is 0 Å². The van der Waals surface area contributed by atoms with Crippen molar-refractivity contribution in [2.24, 2.45) is 0 Å². The molecule has 8 nitrogen and oxygen atoms in total. The van der Waals surface area contributed by atoms with E-state index in [0.29, 0.717) is 11.5 Å². The summed E-state index contributed by atoms with van der Waals surface area (Å²) in [6.07, 6.45) is 8.31. The van der Waals surface area contributed by atoms with Crippen molar-refractivity contribution in [1.82, 2.24) is 19.4 Å². The van der Waals surface area contributed by atoms with Gasteiger partial charge in [-0.15, -0.1) is 0 Å². The van der Waals surface area contributed by atoms with Crippen LogP contribution in [0.1, 0.15) is 17.5 Å². The van der Waals surface area contributed by atoms with Gasteiger partial charge in [-0.25, -0.2) is 15.0 Å². The number of benzene rings is 2. The number of amides is 1. The van der Waals surface area contributed by atoms with Crippen molar-refractivity contribution in [3.8, 4) is 11.8 Å². The lowest BCUT2D eigenvalue weighted by atomic mass is 10.1. The number of rotatable bonds is 6. The quantitative estimate of drug-likeness (QED) is 0.330. The van der Waals surface area contributed by atoms with Crippen molar-refractivity contribution in [3.63, 3.8) is 0 Å². The number of anilines is 3. The van der Waals surface area contributed by atoms with Gasteiger partial charge in [0, 0.05) is 41.8 Å². The number of hydrogen-bond acceptors (Lipinski definition) is 6. The number of fused-ring (bicyclic) bond motifs is 2. The lowest BCUT2D eigenvalue weighted by Crippen LogP contribution is -2.08. The second-order valence-electron chi connectivity index (χ2n) is 7.91. The third kappa shape index (κ3) is 5.27. The van der Waals surface area contributed by atoms with Crippen LogP contribution in [0.2, 0.25) is 0 Å². The highest BCUT2D eigenvalue weighted by Gasteiger charge is 2.08. The molecule has 0 unspecified atom stereocenters. The largest absolute Gasteiger partial charge is 0.395 e. The Kier molecular flexibility index (Phi) is 6.33. The lowest BCUT2D eigenvalue weighted by Gasteiger charge is -2.11. The van der Waals surface area contributed by atoms with E-state index in [1.165, 1.54) is 17.5 Å². The summed E-state index contributed by atoms with van der Waals surface area (Å²) in [7, 11) is 0. The van der Waals surface area contributed by atoms with Gasteiger partial charge in [-0.05, 0) is 65.9 Å². The average Bonchev–Trinajstić information content (AvgIpc) is 3.34. The van der Waals surface area contributed by atoms with Crippen molar-refractivity contribution in [2.45, 2.75) is 12.8 Å². The van der Waals surface area contributed by atoms with Crippen LogP contribution in [-0.2, 0) is 11.2 Å². The van der Waals surface area contributed by atoms with Crippen LogP contribution < -0.4 is 10.6 Å². The van der Waals surface area contributed by atoms with Crippen LogP contribution in [0.5, 0.6) is 0 Å². The minimum Gasteiger partial charge on any atom is -0.395 e. The van der Waals surface area contributed by atoms with E-state index < -0.39 is 5.91 Å². The first kappa shape index (κ1) is 22.1. The van der Waals surface area contributed by atoms with E-state index in [9.17, 15) is 4.79 Å². The molecule has 35 heavy (non-hydrogen) atoms. The number of aromatic nitrogens is 4. The van der Waals surface area contributed by atoms with Crippen LogP contribution in [0, 0.1) is 11.8 Å². The predicted octanol–water partition coefficient (Wildman–Crippen LogP) is 3.94. The zero-order valence-electron chi connectivity index (χ0n) is 18.8. The van der Waals surface area contributed by atoms with Crippen LogP contribution in [0.4, 0.5) is 17.2 Å². The molecule has 2 aromatic carbocycles. The minimum absolute atomic E-state index is 0.0786. The first-order valence-electron chi connectivity index (χ1n) is 11.1. The topological polar surface area (TPSA) is 104 Å². The van der Waals surface area contributed by atoms with Crippen LogP contribution in [0.15, 0.2) is 79.5 Å². The van der Waals surface area contributed by atoms with Gasteiger partial charge in [0.05, 0.1) is 12.1 Å². The molecule has 0 atom stereocenters. The SMILES string of the molecule is O=C(C#CCCO)Nc1ccc2ncnc(Nc3ccc(Cc4ccn5ccnc5c4)cc3)c2c1. The summed E-state index contributed by atoms with van der Waals surface area (Å²) >= 11 is 0. The Hall–Kier alpha value is -4.74. The Labute approximate surface area is 201 Å². The van der Waals surface area contributed by atoms with E-state index in [4.69, 9.17) is 5.11 Å². The van der Waals surface area contributed by atoms with Crippen LogP contribution in [0.25, 0.3) is 16.6 Å². The monoisotopic (exact) mass is 462 g/mol. The van der Waals surface area contributed by atoms with Gasteiger partial charge in [0.15, 0.2) is 0 Å². The number of imidazole rings is 1. The van der Waals surface area contributed by atoms with Gasteiger partial charge in [-0.1, -0.05) is 18.1 Å². The van der Waals surface area contributed by atoms with E-state index >= 15 is 0 Å². The van der Waals surface area contributed by atoms with Crippen molar-refractivity contribution >= 4 is 39.6 Å². The molecule has 0 aliphatic heterocycles. The Morgan fingerprint density at radius 3 is 2.66 bits per heavy atom. The fourth-order valence-electron chi connectivity index (χ4n) is 3.74. The molecule has 3 N–H and O–H groups in total. The Bertz CT molecular complexity index is 1560. The normalized spacial score (nSPS) is 10.7. The Morgan fingerprint density at radius 1 is 0.943 bits per heavy atom. The minimum atomic E-state index is -0.438. The van der Waals surface area contributed by atoms with E-state index in [1.54, 1.807) is 12.3 Å². The summed E-state index contributed by atoms with van der Waals surface area (Å²) in [6.45, 7) is -0.0786. The average molecular weight is 463 g/mol. The maximum atomic E-state index is 12.0. The molecule has 0 saturated carbocycles. The standard InChI is InChI=1S/C27H22N6O2/c34-14-2-1-3-26(35)31-22-8-9-24-23(17-22)27(30-18-29-24)32-21-6-4-19(5-7-21)15-20-10-12-33-13-11-28-25(33)16-20/h4-13,16-18,34H,2,14-15H2,(H,31,35)(H,29,30,32). The van der Waals surface area contributed by atoms with Gasteiger partial charge in [0.25, 0.3) is 5.91 Å². The summed E-state index contributed by atoms with van der Waals surface area (Å²) in [4.78, 5) is 25.1. The van der Waals surface area contributed by atoms with Gasteiger partial charge in [-0.2, -0.15) is 0 Å². The number of pyridine rings is 1. The molecule has 8 heteroatoms. The third-order valence-electron chi connectivity index (χ3n) is 5.42. The number of aliphatic hydroxyl groups is 1. The zero-order chi connectivity index (χ0) is 24.0. The van der Waals surface area contributed by atoms with E-state index in [2.05, 4.69) is 61.7 Å². The van der Waals surface area contributed by atoms with Gasteiger partial charge in [0.2, 0.25) is 0 Å².